The van der Waals surface area contributed by atoms with Gasteiger partial charge in [-0.3, -0.25) is 9.78 Å². The van der Waals surface area contributed by atoms with Crippen LogP contribution < -0.4 is 10.6 Å². The molecule has 0 aliphatic carbocycles. The molecule has 1 aliphatic heterocycles. The molecule has 1 aromatic heterocycles. The molecule has 1 aromatic rings. The standard InChI is InChI=1S/C15H23N3O/c1-3-6-15(7-9-16-11-15)14(19)18-10-13-12(2)5-4-8-17-13/h4-5,8,16H,3,6-7,9-11H2,1-2H3,(H,18,19). The minimum atomic E-state index is -0.211. The van der Waals surface area contributed by atoms with Crippen LogP contribution in [0.25, 0.3) is 0 Å². The summed E-state index contributed by atoms with van der Waals surface area (Å²) in [6, 6.07) is 3.94. The maximum atomic E-state index is 12.5. The number of nitrogens with one attached hydrogen (secondary N) is 2. The predicted molar refractivity (Wildman–Crippen MR) is 75.6 cm³/mol. The van der Waals surface area contributed by atoms with Crippen molar-refractivity contribution in [1.29, 1.82) is 0 Å². The Kier molecular flexibility index (Phi) is 4.53. The third kappa shape index (κ3) is 3.13. The Labute approximate surface area is 115 Å². The monoisotopic (exact) mass is 261 g/mol. The second-order valence-electron chi connectivity index (χ2n) is 5.41. The van der Waals surface area contributed by atoms with Crippen molar-refractivity contribution >= 4 is 5.91 Å². The molecule has 1 unspecified atom stereocenters. The summed E-state index contributed by atoms with van der Waals surface area (Å²) in [5.74, 6) is 0.171. The first-order chi connectivity index (χ1) is 9.18. The van der Waals surface area contributed by atoms with Crippen LogP contribution in [0.4, 0.5) is 0 Å². The Hall–Kier alpha value is -1.42. The zero-order chi connectivity index (χ0) is 13.7. The smallest absolute Gasteiger partial charge is 0.227 e. The lowest BCUT2D eigenvalue weighted by Crippen LogP contribution is -2.42. The van der Waals surface area contributed by atoms with Crippen molar-refractivity contribution < 1.29 is 4.79 Å². The fourth-order valence-corrected chi connectivity index (χ4v) is 2.80. The van der Waals surface area contributed by atoms with E-state index in [0.717, 1.165) is 43.6 Å². The molecule has 0 saturated carbocycles. The summed E-state index contributed by atoms with van der Waals surface area (Å²) in [5, 5.41) is 6.38. The van der Waals surface area contributed by atoms with Crippen LogP contribution in [0.3, 0.4) is 0 Å². The molecule has 0 aromatic carbocycles. The first-order valence-corrected chi connectivity index (χ1v) is 7.07. The highest BCUT2D eigenvalue weighted by molar-refractivity contribution is 5.83. The molecule has 1 fully saturated rings. The van der Waals surface area contributed by atoms with Crippen molar-refractivity contribution in [3.63, 3.8) is 0 Å². The molecule has 0 spiro atoms. The fourth-order valence-electron chi connectivity index (χ4n) is 2.80. The van der Waals surface area contributed by atoms with Gasteiger partial charge in [0.15, 0.2) is 0 Å². The number of aryl methyl sites for hydroxylation is 1. The van der Waals surface area contributed by atoms with E-state index in [0.29, 0.717) is 6.54 Å². The van der Waals surface area contributed by atoms with Gasteiger partial charge in [-0.05, 0) is 37.9 Å². The third-order valence-corrected chi connectivity index (χ3v) is 3.99. The number of aromatic nitrogens is 1. The van der Waals surface area contributed by atoms with E-state index in [2.05, 4.69) is 22.5 Å². The van der Waals surface area contributed by atoms with E-state index in [1.807, 2.05) is 19.1 Å². The van der Waals surface area contributed by atoms with Crippen molar-refractivity contribution in [2.24, 2.45) is 5.41 Å². The Morgan fingerprint density at radius 1 is 1.58 bits per heavy atom. The Morgan fingerprint density at radius 2 is 2.42 bits per heavy atom. The molecule has 4 heteroatoms. The van der Waals surface area contributed by atoms with Crippen LogP contribution in [-0.4, -0.2) is 24.0 Å². The van der Waals surface area contributed by atoms with Gasteiger partial charge in [-0.2, -0.15) is 0 Å². The molecule has 1 amide bonds. The van der Waals surface area contributed by atoms with Crippen molar-refractivity contribution in [3.05, 3.63) is 29.6 Å². The SMILES string of the molecule is CCCC1(C(=O)NCc2ncccc2C)CCNC1. The second-order valence-corrected chi connectivity index (χ2v) is 5.41. The fraction of sp³-hybridized carbons (Fsp3) is 0.600. The molecule has 1 saturated heterocycles. The van der Waals surface area contributed by atoms with Crippen LogP contribution in [0.1, 0.15) is 37.4 Å². The molecule has 1 aliphatic rings. The third-order valence-electron chi connectivity index (χ3n) is 3.99. The van der Waals surface area contributed by atoms with Gasteiger partial charge >= 0.3 is 0 Å². The summed E-state index contributed by atoms with van der Waals surface area (Å²) in [7, 11) is 0. The molecular formula is C15H23N3O. The summed E-state index contributed by atoms with van der Waals surface area (Å²) in [5.41, 5.74) is 1.86. The normalized spacial score (nSPS) is 22.4. The van der Waals surface area contributed by atoms with Crippen LogP contribution in [0.2, 0.25) is 0 Å². The van der Waals surface area contributed by atoms with Crippen molar-refractivity contribution in [2.45, 2.75) is 39.7 Å². The van der Waals surface area contributed by atoms with Gasteiger partial charge in [0.2, 0.25) is 5.91 Å². The molecule has 2 N–H and O–H groups in total. The van der Waals surface area contributed by atoms with Gasteiger partial charge in [0.05, 0.1) is 17.7 Å². The van der Waals surface area contributed by atoms with E-state index in [9.17, 15) is 4.79 Å². The molecule has 104 valence electrons. The average molecular weight is 261 g/mol. The van der Waals surface area contributed by atoms with Crippen molar-refractivity contribution in [1.82, 2.24) is 15.6 Å². The quantitative estimate of drug-likeness (QED) is 0.849. The topological polar surface area (TPSA) is 54.0 Å². The number of carbonyl (C=O) groups is 1. The van der Waals surface area contributed by atoms with Gasteiger partial charge in [-0.15, -0.1) is 0 Å². The summed E-state index contributed by atoms with van der Waals surface area (Å²) in [6.45, 7) is 6.42. The maximum Gasteiger partial charge on any atom is 0.227 e. The Balaban J connectivity index is 1.98. The van der Waals surface area contributed by atoms with E-state index < -0.39 is 0 Å². The van der Waals surface area contributed by atoms with E-state index in [1.54, 1.807) is 6.20 Å². The number of nitrogens with zero attached hydrogens (tertiary/aromatic N) is 1. The molecule has 2 heterocycles. The first kappa shape index (κ1) is 14.0. The number of pyridine rings is 1. The molecule has 4 nitrogen and oxygen atoms in total. The summed E-state index contributed by atoms with van der Waals surface area (Å²) in [4.78, 5) is 16.8. The molecule has 0 bridgehead atoms. The van der Waals surface area contributed by atoms with Crippen LogP contribution in [0, 0.1) is 12.3 Å². The zero-order valence-electron chi connectivity index (χ0n) is 11.8. The van der Waals surface area contributed by atoms with Gasteiger partial charge in [0, 0.05) is 12.7 Å². The van der Waals surface area contributed by atoms with Gasteiger partial charge in [0.1, 0.15) is 0 Å². The number of rotatable bonds is 5. The van der Waals surface area contributed by atoms with Crippen LogP contribution in [0.5, 0.6) is 0 Å². The number of hydrogen-bond acceptors (Lipinski definition) is 3. The Bertz CT molecular complexity index is 439. The summed E-state index contributed by atoms with van der Waals surface area (Å²) >= 11 is 0. The largest absolute Gasteiger partial charge is 0.350 e. The van der Waals surface area contributed by atoms with E-state index in [1.165, 1.54) is 0 Å². The van der Waals surface area contributed by atoms with Crippen LogP contribution in [0.15, 0.2) is 18.3 Å². The van der Waals surface area contributed by atoms with E-state index >= 15 is 0 Å². The van der Waals surface area contributed by atoms with E-state index in [-0.39, 0.29) is 11.3 Å². The average Bonchev–Trinajstić information content (AvgIpc) is 2.88. The highest BCUT2D eigenvalue weighted by Gasteiger charge is 2.39. The van der Waals surface area contributed by atoms with Gasteiger partial charge < -0.3 is 10.6 Å². The van der Waals surface area contributed by atoms with E-state index in [4.69, 9.17) is 0 Å². The van der Waals surface area contributed by atoms with Gasteiger partial charge in [-0.25, -0.2) is 0 Å². The highest BCUT2D eigenvalue weighted by atomic mass is 16.2. The lowest BCUT2D eigenvalue weighted by Gasteiger charge is -2.26. The number of hydrogen-bond donors (Lipinski definition) is 2. The molecule has 19 heavy (non-hydrogen) atoms. The lowest BCUT2D eigenvalue weighted by atomic mass is 9.81. The van der Waals surface area contributed by atoms with Crippen molar-refractivity contribution in [3.8, 4) is 0 Å². The zero-order valence-corrected chi connectivity index (χ0v) is 11.8. The van der Waals surface area contributed by atoms with Gasteiger partial charge in [-0.1, -0.05) is 19.4 Å². The lowest BCUT2D eigenvalue weighted by molar-refractivity contribution is -0.130. The van der Waals surface area contributed by atoms with Crippen LogP contribution >= 0.6 is 0 Å². The first-order valence-electron chi connectivity index (χ1n) is 7.07. The summed E-state index contributed by atoms with van der Waals surface area (Å²) < 4.78 is 0. The van der Waals surface area contributed by atoms with Crippen LogP contribution in [-0.2, 0) is 11.3 Å². The molecular weight excluding hydrogens is 238 g/mol. The molecule has 0 radical (unpaired) electrons. The highest BCUT2D eigenvalue weighted by Crippen LogP contribution is 2.31. The maximum absolute atomic E-state index is 12.5. The summed E-state index contributed by atoms with van der Waals surface area (Å²) in [6.07, 6.45) is 4.70. The van der Waals surface area contributed by atoms with Gasteiger partial charge in [0.25, 0.3) is 0 Å². The number of carbonyl (C=O) groups excluding carboxylic acids is 1. The minimum Gasteiger partial charge on any atom is -0.350 e. The van der Waals surface area contributed by atoms with Crippen molar-refractivity contribution in [2.75, 3.05) is 13.1 Å². The predicted octanol–water partition coefficient (Wildman–Crippen LogP) is 1.79. The minimum absolute atomic E-state index is 0.171. The molecule has 2 rings (SSSR count). The second kappa shape index (κ2) is 6.15. The number of amides is 1. The Morgan fingerprint density at radius 3 is 3.05 bits per heavy atom. The molecule has 1 atom stereocenters.